The summed E-state index contributed by atoms with van der Waals surface area (Å²) in [5.41, 5.74) is 1.58. The lowest BCUT2D eigenvalue weighted by atomic mass is 10.2. The van der Waals surface area contributed by atoms with E-state index < -0.39 is 0 Å². The topological polar surface area (TPSA) is 51.0 Å². The Labute approximate surface area is 117 Å². The summed E-state index contributed by atoms with van der Waals surface area (Å²) in [7, 11) is 1.80. The first-order valence-electron chi connectivity index (χ1n) is 6.20. The summed E-state index contributed by atoms with van der Waals surface area (Å²) < 4.78 is 5.91. The van der Waals surface area contributed by atoms with Crippen molar-refractivity contribution in [2.24, 2.45) is 0 Å². The highest BCUT2D eigenvalue weighted by atomic mass is 32.1. The van der Waals surface area contributed by atoms with Crippen LogP contribution in [0.25, 0.3) is 0 Å². The van der Waals surface area contributed by atoms with E-state index in [2.05, 4.69) is 23.3 Å². The van der Waals surface area contributed by atoms with Crippen molar-refractivity contribution in [1.82, 2.24) is 19.1 Å². The lowest BCUT2D eigenvalue weighted by Gasteiger charge is -2.16. The molecule has 6 heteroatoms. The van der Waals surface area contributed by atoms with Crippen molar-refractivity contribution in [3.63, 3.8) is 0 Å². The Hall–Kier alpha value is -1.69. The molecule has 0 spiro atoms. The fourth-order valence-electron chi connectivity index (χ4n) is 1.99. The zero-order valence-corrected chi connectivity index (χ0v) is 12.4. The van der Waals surface area contributed by atoms with Crippen LogP contribution in [0, 0.1) is 6.92 Å². The van der Waals surface area contributed by atoms with Crippen molar-refractivity contribution >= 4 is 17.4 Å². The molecule has 0 saturated carbocycles. The van der Waals surface area contributed by atoms with E-state index in [0.29, 0.717) is 12.1 Å². The fourth-order valence-corrected chi connectivity index (χ4v) is 2.62. The van der Waals surface area contributed by atoms with E-state index in [9.17, 15) is 4.79 Å². The van der Waals surface area contributed by atoms with E-state index >= 15 is 0 Å². The molecule has 5 nitrogen and oxygen atoms in total. The Balaban J connectivity index is 2.15. The molecule has 0 unspecified atom stereocenters. The van der Waals surface area contributed by atoms with Gasteiger partial charge in [-0.2, -0.15) is 5.10 Å². The molecule has 0 N–H and O–H groups in total. The van der Waals surface area contributed by atoms with Gasteiger partial charge in [0.05, 0.1) is 18.3 Å². The number of amides is 1. The van der Waals surface area contributed by atoms with Crippen molar-refractivity contribution in [2.45, 2.75) is 33.4 Å². The van der Waals surface area contributed by atoms with Gasteiger partial charge in [0, 0.05) is 29.9 Å². The Kier molecular flexibility index (Phi) is 3.99. The van der Waals surface area contributed by atoms with Crippen molar-refractivity contribution < 1.29 is 4.79 Å². The monoisotopic (exact) mass is 278 g/mol. The number of aromatic nitrogens is 3. The standard InChI is InChI=1S/C13H18N4OS/c1-9(2)17-10(3)12(7-14-17)13(18)16(4)8-11-5-6-15-19-11/h5-7,9H,8H2,1-4H3. The van der Waals surface area contributed by atoms with Crippen LogP contribution in [0.3, 0.4) is 0 Å². The van der Waals surface area contributed by atoms with Gasteiger partial charge in [0.25, 0.3) is 5.91 Å². The zero-order valence-electron chi connectivity index (χ0n) is 11.6. The Bertz CT molecular complexity index is 559. The maximum Gasteiger partial charge on any atom is 0.257 e. The van der Waals surface area contributed by atoms with Crippen LogP contribution in [-0.2, 0) is 6.54 Å². The Morgan fingerprint density at radius 1 is 1.53 bits per heavy atom. The van der Waals surface area contributed by atoms with E-state index in [0.717, 1.165) is 10.6 Å². The van der Waals surface area contributed by atoms with E-state index in [4.69, 9.17) is 0 Å². The molecule has 102 valence electrons. The van der Waals surface area contributed by atoms with Gasteiger partial charge in [-0.25, -0.2) is 4.37 Å². The van der Waals surface area contributed by atoms with Gasteiger partial charge >= 0.3 is 0 Å². The minimum atomic E-state index is -0.00204. The smallest absolute Gasteiger partial charge is 0.257 e. The lowest BCUT2D eigenvalue weighted by Crippen LogP contribution is -2.26. The third kappa shape index (κ3) is 2.84. The number of carbonyl (C=O) groups is 1. The Morgan fingerprint density at radius 3 is 2.79 bits per heavy atom. The van der Waals surface area contributed by atoms with Crippen molar-refractivity contribution in [3.05, 3.63) is 34.6 Å². The first kappa shape index (κ1) is 13.7. The summed E-state index contributed by atoms with van der Waals surface area (Å²) in [6.45, 7) is 6.61. The van der Waals surface area contributed by atoms with E-state index in [1.165, 1.54) is 11.5 Å². The molecule has 19 heavy (non-hydrogen) atoms. The molecule has 0 aliphatic heterocycles. The van der Waals surface area contributed by atoms with Crippen LogP contribution in [-0.4, -0.2) is 32.0 Å². The maximum absolute atomic E-state index is 12.4. The molecule has 2 aromatic heterocycles. The van der Waals surface area contributed by atoms with Gasteiger partial charge < -0.3 is 4.90 Å². The highest BCUT2D eigenvalue weighted by Crippen LogP contribution is 2.16. The van der Waals surface area contributed by atoms with Gasteiger partial charge in [0.2, 0.25) is 0 Å². The predicted molar refractivity (Wildman–Crippen MR) is 75.3 cm³/mol. The molecular weight excluding hydrogens is 260 g/mol. The largest absolute Gasteiger partial charge is 0.336 e. The van der Waals surface area contributed by atoms with Crippen LogP contribution in [0.2, 0.25) is 0 Å². The molecule has 0 aromatic carbocycles. The molecule has 0 fully saturated rings. The second kappa shape index (κ2) is 5.52. The lowest BCUT2D eigenvalue weighted by molar-refractivity contribution is 0.0785. The van der Waals surface area contributed by atoms with Gasteiger partial charge in [-0.05, 0) is 38.4 Å². The minimum absolute atomic E-state index is 0.00204. The minimum Gasteiger partial charge on any atom is -0.336 e. The normalized spacial score (nSPS) is 11.0. The number of rotatable bonds is 4. The van der Waals surface area contributed by atoms with Crippen molar-refractivity contribution in [1.29, 1.82) is 0 Å². The number of carbonyl (C=O) groups excluding carboxylic acids is 1. The van der Waals surface area contributed by atoms with Crippen LogP contribution >= 0.6 is 11.5 Å². The molecule has 1 amide bonds. The average Bonchev–Trinajstić information content (AvgIpc) is 2.97. The molecule has 0 radical (unpaired) electrons. The highest BCUT2D eigenvalue weighted by molar-refractivity contribution is 7.05. The molecule has 0 aliphatic rings. The number of hydrogen-bond donors (Lipinski definition) is 0. The van der Waals surface area contributed by atoms with Crippen molar-refractivity contribution in [3.8, 4) is 0 Å². The molecule has 0 aliphatic carbocycles. The van der Waals surface area contributed by atoms with E-state index in [1.807, 2.05) is 17.7 Å². The molecule has 0 bridgehead atoms. The predicted octanol–water partition coefficient (Wildman–Crippen LogP) is 2.50. The summed E-state index contributed by atoms with van der Waals surface area (Å²) in [4.78, 5) is 15.2. The van der Waals surface area contributed by atoms with Crippen LogP contribution in [0.15, 0.2) is 18.5 Å². The van der Waals surface area contributed by atoms with E-state index in [1.54, 1.807) is 24.3 Å². The third-order valence-electron chi connectivity index (χ3n) is 3.00. The molecule has 2 aromatic rings. The van der Waals surface area contributed by atoms with Gasteiger partial charge in [-0.15, -0.1) is 0 Å². The average molecular weight is 278 g/mol. The van der Waals surface area contributed by atoms with Gasteiger partial charge in [0.1, 0.15) is 0 Å². The van der Waals surface area contributed by atoms with Crippen LogP contribution in [0.4, 0.5) is 0 Å². The van der Waals surface area contributed by atoms with Gasteiger partial charge in [-0.1, -0.05) is 0 Å². The van der Waals surface area contributed by atoms with Gasteiger partial charge in [-0.3, -0.25) is 9.48 Å². The summed E-state index contributed by atoms with van der Waals surface area (Å²) in [5, 5.41) is 4.28. The summed E-state index contributed by atoms with van der Waals surface area (Å²) in [5.74, 6) is -0.00204. The second-order valence-corrected chi connectivity index (χ2v) is 5.74. The van der Waals surface area contributed by atoms with E-state index in [-0.39, 0.29) is 11.9 Å². The van der Waals surface area contributed by atoms with Crippen LogP contribution in [0.1, 0.15) is 40.8 Å². The van der Waals surface area contributed by atoms with Crippen molar-refractivity contribution in [2.75, 3.05) is 7.05 Å². The summed E-state index contributed by atoms with van der Waals surface area (Å²) in [6, 6.07) is 2.19. The zero-order chi connectivity index (χ0) is 14.0. The first-order chi connectivity index (χ1) is 9.00. The SMILES string of the molecule is Cc1c(C(=O)N(C)Cc2ccns2)cnn1C(C)C. The molecule has 2 heterocycles. The molecule has 0 atom stereocenters. The molecule has 2 rings (SSSR count). The number of hydrogen-bond acceptors (Lipinski definition) is 4. The summed E-state index contributed by atoms with van der Waals surface area (Å²) in [6.07, 6.45) is 3.40. The molecular formula is C13H18N4OS. The fraction of sp³-hybridized carbons (Fsp3) is 0.462. The number of nitrogens with zero attached hydrogens (tertiary/aromatic N) is 4. The molecule has 0 saturated heterocycles. The van der Waals surface area contributed by atoms with Gasteiger partial charge in [0.15, 0.2) is 0 Å². The highest BCUT2D eigenvalue weighted by Gasteiger charge is 2.19. The van der Waals surface area contributed by atoms with Crippen LogP contribution < -0.4 is 0 Å². The second-order valence-electron chi connectivity index (χ2n) is 4.82. The third-order valence-corrected chi connectivity index (χ3v) is 3.72. The maximum atomic E-state index is 12.4. The first-order valence-corrected chi connectivity index (χ1v) is 6.97. The van der Waals surface area contributed by atoms with Crippen LogP contribution in [0.5, 0.6) is 0 Å². The Morgan fingerprint density at radius 2 is 2.26 bits per heavy atom. The summed E-state index contributed by atoms with van der Waals surface area (Å²) >= 11 is 1.41. The quantitative estimate of drug-likeness (QED) is 0.863.